The molecule has 0 radical (unpaired) electrons. The quantitative estimate of drug-likeness (QED) is 0.466. The molecule has 0 fully saturated rings. The summed E-state index contributed by atoms with van der Waals surface area (Å²) in [5.74, 6) is 0.738. The molecule has 88 valence electrons. The highest BCUT2D eigenvalue weighted by molar-refractivity contribution is 7.80. The van der Waals surface area contributed by atoms with Crippen LogP contribution in [0.15, 0.2) is 54.6 Å². The number of rotatable bonds is 5. The molecule has 1 N–H and O–H groups in total. The lowest BCUT2D eigenvalue weighted by Crippen LogP contribution is -2.14. The van der Waals surface area contributed by atoms with Gasteiger partial charge in [-0.15, -0.1) is 0 Å². The Morgan fingerprint density at radius 1 is 0.824 bits per heavy atom. The molecule has 0 atom stereocenters. The average molecular weight is 243 g/mol. The van der Waals surface area contributed by atoms with Gasteiger partial charge in [0.25, 0.3) is 0 Å². The summed E-state index contributed by atoms with van der Waals surface area (Å²) in [6, 6.07) is 19.2. The summed E-state index contributed by atoms with van der Waals surface area (Å²) in [5, 5.41) is 3.21. The molecule has 0 spiro atoms. The van der Waals surface area contributed by atoms with E-state index in [1.165, 1.54) is 16.7 Å². The Kier molecular flexibility index (Phi) is 4.65. The summed E-state index contributed by atoms with van der Waals surface area (Å²) in [5.41, 5.74) is 3.91. The first-order chi connectivity index (χ1) is 8.40. The van der Waals surface area contributed by atoms with Crippen molar-refractivity contribution in [3.05, 3.63) is 60.2 Å². The number of hydrogen-bond donors (Lipinski definition) is 2. The fourth-order valence-electron chi connectivity index (χ4n) is 1.81. The predicted molar refractivity (Wildman–Crippen MR) is 77.4 cm³/mol. The number of thiol groups is 1. The summed E-state index contributed by atoms with van der Waals surface area (Å²) in [6.45, 7) is 0.980. The van der Waals surface area contributed by atoms with Gasteiger partial charge >= 0.3 is 0 Å². The summed E-state index contributed by atoms with van der Waals surface area (Å²) in [4.78, 5) is 0. The van der Waals surface area contributed by atoms with Gasteiger partial charge in [-0.3, -0.25) is 0 Å². The monoisotopic (exact) mass is 243 g/mol. The van der Waals surface area contributed by atoms with E-state index >= 15 is 0 Å². The van der Waals surface area contributed by atoms with Gasteiger partial charge in [-0.1, -0.05) is 54.6 Å². The largest absolute Gasteiger partial charge is 0.308 e. The maximum atomic E-state index is 4.12. The number of benzene rings is 2. The first kappa shape index (κ1) is 12.2. The molecular formula is C15H17NS. The molecule has 0 saturated carbocycles. The second-order valence-corrected chi connectivity index (χ2v) is 4.29. The Labute approximate surface area is 108 Å². The van der Waals surface area contributed by atoms with E-state index in [2.05, 4.69) is 66.5 Å². The lowest BCUT2D eigenvalue weighted by atomic mass is 10.0. The van der Waals surface area contributed by atoms with Crippen LogP contribution >= 0.6 is 12.6 Å². The van der Waals surface area contributed by atoms with Crippen LogP contribution in [0, 0.1) is 0 Å². The van der Waals surface area contributed by atoms with Crippen molar-refractivity contribution in [3.63, 3.8) is 0 Å². The SMILES string of the molecule is SCNCCc1ccc(-c2ccccc2)cc1. The topological polar surface area (TPSA) is 12.0 Å². The van der Waals surface area contributed by atoms with Crippen LogP contribution in [0.5, 0.6) is 0 Å². The summed E-state index contributed by atoms with van der Waals surface area (Å²) >= 11 is 4.12. The first-order valence-corrected chi connectivity index (χ1v) is 6.49. The van der Waals surface area contributed by atoms with Crippen molar-refractivity contribution in [1.82, 2.24) is 5.32 Å². The van der Waals surface area contributed by atoms with E-state index in [-0.39, 0.29) is 0 Å². The molecule has 2 rings (SSSR count). The summed E-state index contributed by atoms with van der Waals surface area (Å²) < 4.78 is 0. The minimum Gasteiger partial charge on any atom is -0.308 e. The zero-order valence-electron chi connectivity index (χ0n) is 9.76. The lowest BCUT2D eigenvalue weighted by molar-refractivity contribution is 0.776. The molecule has 0 aliphatic carbocycles. The van der Waals surface area contributed by atoms with Gasteiger partial charge in [0, 0.05) is 5.88 Å². The molecule has 0 aliphatic heterocycles. The van der Waals surface area contributed by atoms with Gasteiger partial charge in [0.1, 0.15) is 0 Å². The Balaban J connectivity index is 2.03. The van der Waals surface area contributed by atoms with Crippen molar-refractivity contribution < 1.29 is 0 Å². The molecule has 0 aromatic heterocycles. The second-order valence-electron chi connectivity index (χ2n) is 3.97. The molecule has 1 nitrogen and oxygen atoms in total. The molecular weight excluding hydrogens is 226 g/mol. The molecule has 0 bridgehead atoms. The highest BCUT2D eigenvalue weighted by atomic mass is 32.1. The predicted octanol–water partition coefficient (Wildman–Crippen LogP) is 3.37. The first-order valence-electron chi connectivity index (χ1n) is 5.86. The lowest BCUT2D eigenvalue weighted by Gasteiger charge is -2.05. The van der Waals surface area contributed by atoms with E-state index in [1.807, 2.05) is 6.07 Å². The van der Waals surface area contributed by atoms with Crippen LogP contribution in [0.1, 0.15) is 5.56 Å². The Morgan fingerprint density at radius 2 is 1.47 bits per heavy atom. The van der Waals surface area contributed by atoms with Crippen LogP contribution in [-0.4, -0.2) is 12.4 Å². The molecule has 0 amide bonds. The maximum Gasteiger partial charge on any atom is 0.0387 e. The molecule has 0 aliphatic rings. The van der Waals surface area contributed by atoms with Gasteiger partial charge in [0.15, 0.2) is 0 Å². The third kappa shape index (κ3) is 3.62. The van der Waals surface area contributed by atoms with Crippen molar-refractivity contribution in [2.75, 3.05) is 12.4 Å². The van der Waals surface area contributed by atoms with Crippen LogP contribution in [0.3, 0.4) is 0 Å². The summed E-state index contributed by atoms with van der Waals surface area (Å²) in [7, 11) is 0. The van der Waals surface area contributed by atoms with Crippen LogP contribution in [0.25, 0.3) is 11.1 Å². The minimum absolute atomic E-state index is 0.738. The average Bonchev–Trinajstić information content (AvgIpc) is 2.41. The second kappa shape index (κ2) is 6.48. The Bertz CT molecular complexity index is 436. The zero-order chi connectivity index (χ0) is 11.9. The highest BCUT2D eigenvalue weighted by Crippen LogP contribution is 2.19. The fraction of sp³-hybridized carbons (Fsp3) is 0.200. The van der Waals surface area contributed by atoms with Gasteiger partial charge < -0.3 is 5.32 Å². The van der Waals surface area contributed by atoms with E-state index in [1.54, 1.807) is 0 Å². The number of hydrogen-bond acceptors (Lipinski definition) is 2. The molecule has 0 heterocycles. The third-order valence-corrected chi connectivity index (χ3v) is 2.99. The Hall–Kier alpha value is -1.25. The van der Waals surface area contributed by atoms with Gasteiger partial charge in [-0.05, 0) is 29.7 Å². The van der Waals surface area contributed by atoms with Crippen molar-refractivity contribution in [2.24, 2.45) is 0 Å². The van der Waals surface area contributed by atoms with Crippen LogP contribution < -0.4 is 5.32 Å². The standard InChI is InChI=1S/C15H17NS/c17-12-16-11-10-13-6-8-15(9-7-13)14-4-2-1-3-5-14/h1-9,16-17H,10-12H2. The van der Waals surface area contributed by atoms with E-state index in [0.717, 1.165) is 18.8 Å². The van der Waals surface area contributed by atoms with Gasteiger partial charge in [-0.25, -0.2) is 0 Å². The number of nitrogens with one attached hydrogen (secondary N) is 1. The van der Waals surface area contributed by atoms with E-state index < -0.39 is 0 Å². The van der Waals surface area contributed by atoms with Crippen LogP contribution in [-0.2, 0) is 6.42 Å². The highest BCUT2D eigenvalue weighted by Gasteiger charge is 1.97. The maximum absolute atomic E-state index is 4.12. The molecule has 2 aromatic carbocycles. The normalized spacial score (nSPS) is 10.4. The fourth-order valence-corrected chi connectivity index (χ4v) is 1.96. The van der Waals surface area contributed by atoms with E-state index in [0.29, 0.717) is 0 Å². The zero-order valence-corrected chi connectivity index (χ0v) is 10.7. The smallest absolute Gasteiger partial charge is 0.0387 e. The van der Waals surface area contributed by atoms with Gasteiger partial charge in [0.05, 0.1) is 0 Å². The van der Waals surface area contributed by atoms with Crippen LogP contribution in [0.4, 0.5) is 0 Å². The van der Waals surface area contributed by atoms with Crippen LogP contribution in [0.2, 0.25) is 0 Å². The van der Waals surface area contributed by atoms with E-state index in [4.69, 9.17) is 0 Å². The van der Waals surface area contributed by atoms with E-state index in [9.17, 15) is 0 Å². The molecule has 17 heavy (non-hydrogen) atoms. The van der Waals surface area contributed by atoms with Gasteiger partial charge in [0.2, 0.25) is 0 Å². The summed E-state index contributed by atoms with van der Waals surface area (Å²) in [6.07, 6.45) is 1.05. The Morgan fingerprint density at radius 3 is 2.12 bits per heavy atom. The molecule has 2 aromatic rings. The van der Waals surface area contributed by atoms with Crippen molar-refractivity contribution in [2.45, 2.75) is 6.42 Å². The molecule has 0 saturated heterocycles. The third-order valence-electron chi connectivity index (χ3n) is 2.76. The molecule has 2 heteroatoms. The minimum atomic E-state index is 0.738. The van der Waals surface area contributed by atoms with Gasteiger partial charge in [-0.2, -0.15) is 12.6 Å². The van der Waals surface area contributed by atoms with Crippen molar-refractivity contribution in [1.29, 1.82) is 0 Å². The molecule has 0 unspecified atom stereocenters. The van der Waals surface area contributed by atoms with Crippen molar-refractivity contribution in [3.8, 4) is 11.1 Å². The van der Waals surface area contributed by atoms with Crippen molar-refractivity contribution >= 4 is 12.6 Å².